The van der Waals surface area contributed by atoms with Crippen molar-refractivity contribution in [1.29, 1.82) is 0 Å². The lowest BCUT2D eigenvalue weighted by molar-refractivity contribution is -0.137. The van der Waals surface area contributed by atoms with Crippen molar-refractivity contribution in [3.63, 3.8) is 0 Å². The minimum Gasteiger partial charge on any atom is -0.341 e. The molecule has 0 spiro atoms. The van der Waals surface area contributed by atoms with Crippen LogP contribution in [0.25, 0.3) is 0 Å². The van der Waals surface area contributed by atoms with Gasteiger partial charge in [0.25, 0.3) is 0 Å². The van der Waals surface area contributed by atoms with Crippen molar-refractivity contribution in [1.82, 2.24) is 4.90 Å². The van der Waals surface area contributed by atoms with Crippen LogP contribution in [-0.2, 0) is 4.79 Å². The van der Waals surface area contributed by atoms with E-state index >= 15 is 0 Å². The van der Waals surface area contributed by atoms with Crippen molar-refractivity contribution >= 4 is 5.91 Å². The highest BCUT2D eigenvalue weighted by molar-refractivity contribution is 5.79. The topological polar surface area (TPSA) is 46.3 Å². The Morgan fingerprint density at radius 2 is 2.08 bits per heavy atom. The van der Waals surface area contributed by atoms with E-state index in [0.29, 0.717) is 11.8 Å². The second kappa shape index (κ2) is 3.05. The first-order valence-electron chi connectivity index (χ1n) is 4.82. The first-order chi connectivity index (χ1) is 5.77. The van der Waals surface area contributed by atoms with Crippen LogP contribution in [0.3, 0.4) is 0 Å². The summed E-state index contributed by atoms with van der Waals surface area (Å²) >= 11 is 0. The van der Waals surface area contributed by atoms with Gasteiger partial charge in [-0.15, -0.1) is 0 Å². The van der Waals surface area contributed by atoms with Gasteiger partial charge >= 0.3 is 0 Å². The average Bonchev–Trinajstić information content (AvgIpc) is 2.31. The Bertz CT molecular complexity index is 189. The van der Waals surface area contributed by atoms with Crippen LogP contribution >= 0.6 is 0 Å². The molecule has 2 fully saturated rings. The molecule has 0 bridgehead atoms. The molecule has 2 rings (SSSR count). The lowest BCUT2D eigenvalue weighted by Gasteiger charge is -2.28. The second-order valence-electron chi connectivity index (χ2n) is 3.96. The number of carbonyl (C=O) groups is 1. The van der Waals surface area contributed by atoms with Gasteiger partial charge in [-0.25, -0.2) is 0 Å². The lowest BCUT2D eigenvalue weighted by Crippen LogP contribution is -2.38. The molecule has 0 aromatic heterocycles. The Labute approximate surface area is 72.9 Å². The summed E-state index contributed by atoms with van der Waals surface area (Å²) in [7, 11) is 0. The summed E-state index contributed by atoms with van der Waals surface area (Å²) in [6.07, 6.45) is 4.42. The van der Waals surface area contributed by atoms with E-state index in [9.17, 15) is 4.79 Å². The molecular weight excluding hydrogens is 152 g/mol. The molecule has 1 aliphatic heterocycles. The van der Waals surface area contributed by atoms with Crippen molar-refractivity contribution < 1.29 is 4.79 Å². The maximum absolute atomic E-state index is 11.6. The molecule has 3 heteroatoms. The van der Waals surface area contributed by atoms with Crippen molar-refractivity contribution in [2.24, 2.45) is 11.7 Å². The lowest BCUT2D eigenvalue weighted by atomic mass is 9.84. The number of rotatable bonds is 1. The van der Waals surface area contributed by atoms with Crippen molar-refractivity contribution in [2.45, 2.75) is 31.7 Å². The maximum Gasteiger partial charge on any atom is 0.225 e. The van der Waals surface area contributed by atoms with Crippen LogP contribution in [0.1, 0.15) is 25.7 Å². The second-order valence-corrected chi connectivity index (χ2v) is 3.96. The summed E-state index contributed by atoms with van der Waals surface area (Å²) < 4.78 is 0. The summed E-state index contributed by atoms with van der Waals surface area (Å²) in [5.41, 5.74) is 5.73. The summed E-state index contributed by atoms with van der Waals surface area (Å²) in [4.78, 5) is 13.6. The quantitative estimate of drug-likeness (QED) is 0.614. The summed E-state index contributed by atoms with van der Waals surface area (Å²) in [6.45, 7) is 1.67. The molecular formula is C9H16N2O. The zero-order valence-electron chi connectivity index (χ0n) is 7.33. The van der Waals surface area contributed by atoms with E-state index in [1.807, 2.05) is 4.90 Å². The van der Waals surface area contributed by atoms with Gasteiger partial charge in [-0.2, -0.15) is 0 Å². The van der Waals surface area contributed by atoms with E-state index in [1.165, 1.54) is 6.42 Å². The third-order valence-corrected chi connectivity index (χ3v) is 2.99. The summed E-state index contributed by atoms with van der Waals surface area (Å²) in [5.74, 6) is 0.699. The van der Waals surface area contributed by atoms with Gasteiger partial charge < -0.3 is 10.6 Å². The van der Waals surface area contributed by atoms with E-state index in [-0.39, 0.29) is 6.04 Å². The molecule has 1 atom stereocenters. The minimum absolute atomic E-state index is 0.231. The Morgan fingerprint density at radius 1 is 1.33 bits per heavy atom. The fourth-order valence-electron chi connectivity index (χ4n) is 1.90. The number of amides is 1. The zero-order valence-corrected chi connectivity index (χ0v) is 7.33. The summed E-state index contributed by atoms with van der Waals surface area (Å²) in [5, 5.41) is 0. The maximum atomic E-state index is 11.6. The highest BCUT2D eigenvalue weighted by atomic mass is 16.2. The molecule has 0 aromatic carbocycles. The summed E-state index contributed by atoms with van der Waals surface area (Å²) in [6, 6.07) is 0.231. The molecule has 2 aliphatic rings. The highest BCUT2D eigenvalue weighted by Gasteiger charge is 2.32. The molecule has 12 heavy (non-hydrogen) atoms. The van der Waals surface area contributed by atoms with E-state index in [0.717, 1.165) is 32.4 Å². The van der Waals surface area contributed by atoms with Gasteiger partial charge in [-0.1, -0.05) is 6.42 Å². The van der Waals surface area contributed by atoms with E-state index in [2.05, 4.69) is 0 Å². The van der Waals surface area contributed by atoms with Gasteiger partial charge in [0, 0.05) is 25.0 Å². The molecule has 1 heterocycles. The van der Waals surface area contributed by atoms with Gasteiger partial charge in [0.05, 0.1) is 0 Å². The van der Waals surface area contributed by atoms with Gasteiger partial charge in [-0.3, -0.25) is 4.79 Å². The molecule has 1 saturated carbocycles. The Hall–Kier alpha value is -0.570. The Morgan fingerprint density at radius 3 is 2.50 bits per heavy atom. The first-order valence-corrected chi connectivity index (χ1v) is 4.82. The van der Waals surface area contributed by atoms with Crippen LogP contribution in [0.2, 0.25) is 0 Å². The number of nitrogens with two attached hydrogens (primary N) is 1. The van der Waals surface area contributed by atoms with Gasteiger partial charge in [0.15, 0.2) is 0 Å². The third-order valence-electron chi connectivity index (χ3n) is 2.99. The fraction of sp³-hybridized carbons (Fsp3) is 0.889. The monoisotopic (exact) mass is 168 g/mol. The van der Waals surface area contributed by atoms with Crippen LogP contribution in [0, 0.1) is 5.92 Å². The Balaban J connectivity index is 1.87. The molecule has 0 unspecified atom stereocenters. The number of nitrogens with zero attached hydrogens (tertiary/aromatic N) is 1. The SMILES string of the molecule is N[C@H]1CCN(C(=O)C2CCC2)C1. The largest absolute Gasteiger partial charge is 0.341 e. The van der Waals surface area contributed by atoms with E-state index < -0.39 is 0 Å². The molecule has 0 radical (unpaired) electrons. The molecule has 1 aliphatic carbocycles. The van der Waals surface area contributed by atoms with Crippen molar-refractivity contribution in [3.8, 4) is 0 Å². The standard InChI is InChI=1S/C9H16N2O/c10-8-4-5-11(6-8)9(12)7-2-1-3-7/h7-8H,1-6,10H2/t8-/m0/s1. The van der Waals surface area contributed by atoms with Crippen molar-refractivity contribution in [3.05, 3.63) is 0 Å². The number of hydrogen-bond acceptors (Lipinski definition) is 2. The highest BCUT2D eigenvalue weighted by Crippen LogP contribution is 2.29. The van der Waals surface area contributed by atoms with E-state index in [4.69, 9.17) is 5.73 Å². The van der Waals surface area contributed by atoms with Gasteiger partial charge in [0.2, 0.25) is 5.91 Å². The van der Waals surface area contributed by atoms with Crippen LogP contribution in [0.4, 0.5) is 0 Å². The number of carbonyl (C=O) groups excluding carboxylic acids is 1. The normalized spacial score (nSPS) is 30.4. The average molecular weight is 168 g/mol. The third kappa shape index (κ3) is 1.33. The number of likely N-dealkylation sites (tertiary alicyclic amines) is 1. The fourth-order valence-corrected chi connectivity index (χ4v) is 1.90. The molecule has 3 nitrogen and oxygen atoms in total. The molecule has 2 N–H and O–H groups in total. The van der Waals surface area contributed by atoms with Crippen LogP contribution in [0.5, 0.6) is 0 Å². The zero-order chi connectivity index (χ0) is 8.55. The first kappa shape index (κ1) is 8.05. The Kier molecular flexibility index (Phi) is 2.05. The number of hydrogen-bond donors (Lipinski definition) is 1. The molecule has 1 amide bonds. The van der Waals surface area contributed by atoms with Crippen LogP contribution < -0.4 is 5.73 Å². The molecule has 0 aromatic rings. The predicted molar refractivity (Wildman–Crippen MR) is 46.5 cm³/mol. The van der Waals surface area contributed by atoms with Crippen LogP contribution in [-0.4, -0.2) is 29.9 Å². The molecule has 1 saturated heterocycles. The van der Waals surface area contributed by atoms with Crippen molar-refractivity contribution in [2.75, 3.05) is 13.1 Å². The van der Waals surface area contributed by atoms with E-state index in [1.54, 1.807) is 0 Å². The van der Waals surface area contributed by atoms with Gasteiger partial charge in [-0.05, 0) is 19.3 Å². The smallest absolute Gasteiger partial charge is 0.225 e. The minimum atomic E-state index is 0.231. The van der Waals surface area contributed by atoms with Crippen LogP contribution in [0.15, 0.2) is 0 Å². The van der Waals surface area contributed by atoms with Gasteiger partial charge in [0.1, 0.15) is 0 Å². The molecule has 68 valence electrons. The predicted octanol–water partition coefficient (Wildman–Crippen LogP) is 0.346.